The van der Waals surface area contributed by atoms with Gasteiger partial charge in [-0.25, -0.2) is 4.98 Å². The van der Waals surface area contributed by atoms with E-state index in [0.29, 0.717) is 6.04 Å². The number of nitrogens with one attached hydrogen (secondary N) is 2. The summed E-state index contributed by atoms with van der Waals surface area (Å²) in [6.07, 6.45) is 11.4. The maximum atomic E-state index is 4.47. The summed E-state index contributed by atoms with van der Waals surface area (Å²) in [4.78, 5) is 7.79. The predicted molar refractivity (Wildman–Crippen MR) is 87.6 cm³/mol. The van der Waals surface area contributed by atoms with E-state index in [4.69, 9.17) is 0 Å². The topological polar surface area (TPSA) is 40.7 Å². The van der Waals surface area contributed by atoms with Gasteiger partial charge in [-0.2, -0.15) is 0 Å². The van der Waals surface area contributed by atoms with Crippen LogP contribution in [0, 0.1) is 12.3 Å². The average Bonchev–Trinajstić information content (AvgIpc) is 3.07. The lowest BCUT2D eigenvalue weighted by molar-refractivity contribution is 0.188. The second-order valence-electron chi connectivity index (χ2n) is 7.18. The van der Waals surface area contributed by atoms with Crippen molar-refractivity contribution in [2.45, 2.75) is 64.3 Å². The quantitative estimate of drug-likeness (QED) is 0.832. The molecular formula is C18H25N3. The number of aromatic amines is 1. The Morgan fingerprint density at radius 1 is 1.14 bits per heavy atom. The largest absolute Gasteiger partial charge is 0.382 e. The molecule has 1 spiro atoms. The number of anilines is 1. The van der Waals surface area contributed by atoms with Gasteiger partial charge in [0.25, 0.3) is 0 Å². The number of rotatable bonds is 2. The van der Waals surface area contributed by atoms with Gasteiger partial charge in [0.2, 0.25) is 0 Å². The second kappa shape index (κ2) is 5.04. The first-order valence-corrected chi connectivity index (χ1v) is 8.45. The van der Waals surface area contributed by atoms with Crippen molar-refractivity contribution in [1.82, 2.24) is 9.97 Å². The van der Waals surface area contributed by atoms with Gasteiger partial charge < -0.3 is 10.3 Å². The molecular weight excluding hydrogens is 258 g/mol. The standard InChI is InChI=1S/C18H25N3/c1-13-19-16-5-4-15(12-17(16)20-13)21-14-6-10-18(11-7-14)8-2-3-9-18/h4-5,12,14,21H,2-3,6-11H2,1H3,(H,19,20). The number of imidazole rings is 1. The van der Waals surface area contributed by atoms with E-state index in [1.165, 1.54) is 57.1 Å². The predicted octanol–water partition coefficient (Wildman–Crippen LogP) is 4.79. The van der Waals surface area contributed by atoms with Crippen LogP contribution in [0.2, 0.25) is 0 Å². The lowest BCUT2D eigenvalue weighted by atomic mass is 9.71. The summed E-state index contributed by atoms with van der Waals surface area (Å²) in [6, 6.07) is 7.14. The summed E-state index contributed by atoms with van der Waals surface area (Å²) in [5.74, 6) is 0.989. The fraction of sp³-hybridized carbons (Fsp3) is 0.611. The summed E-state index contributed by atoms with van der Waals surface area (Å²) in [5, 5.41) is 3.74. The fourth-order valence-corrected chi connectivity index (χ4v) is 4.46. The first-order valence-electron chi connectivity index (χ1n) is 8.45. The number of benzene rings is 1. The number of H-pyrrole nitrogens is 1. The van der Waals surface area contributed by atoms with Gasteiger partial charge in [-0.05, 0) is 69.1 Å². The minimum absolute atomic E-state index is 0.651. The third-order valence-electron chi connectivity index (χ3n) is 5.68. The van der Waals surface area contributed by atoms with Gasteiger partial charge in [-0.15, -0.1) is 0 Å². The highest BCUT2D eigenvalue weighted by Gasteiger charge is 2.37. The zero-order valence-electron chi connectivity index (χ0n) is 12.9. The van der Waals surface area contributed by atoms with Gasteiger partial charge >= 0.3 is 0 Å². The lowest BCUT2D eigenvalue weighted by Crippen LogP contribution is -2.31. The van der Waals surface area contributed by atoms with Crippen LogP contribution in [0.15, 0.2) is 18.2 Å². The molecule has 1 heterocycles. The zero-order chi connectivity index (χ0) is 14.3. The Labute approximate surface area is 126 Å². The maximum absolute atomic E-state index is 4.47. The number of fused-ring (bicyclic) bond motifs is 1. The summed E-state index contributed by atoms with van der Waals surface area (Å²) < 4.78 is 0. The summed E-state index contributed by atoms with van der Waals surface area (Å²) in [7, 11) is 0. The summed E-state index contributed by atoms with van der Waals surface area (Å²) in [6.45, 7) is 2.01. The van der Waals surface area contributed by atoms with Crippen molar-refractivity contribution in [2.24, 2.45) is 5.41 Å². The van der Waals surface area contributed by atoms with Gasteiger partial charge in [0.05, 0.1) is 11.0 Å². The van der Waals surface area contributed by atoms with E-state index < -0.39 is 0 Å². The normalized spacial score (nSPS) is 22.1. The first kappa shape index (κ1) is 13.2. The van der Waals surface area contributed by atoms with Crippen LogP contribution >= 0.6 is 0 Å². The van der Waals surface area contributed by atoms with Crippen LogP contribution < -0.4 is 5.32 Å². The Balaban J connectivity index is 1.43. The fourth-order valence-electron chi connectivity index (χ4n) is 4.46. The van der Waals surface area contributed by atoms with Gasteiger partial charge in [-0.1, -0.05) is 12.8 Å². The molecule has 1 aromatic carbocycles. The lowest BCUT2D eigenvalue weighted by Gasteiger charge is -2.37. The average molecular weight is 283 g/mol. The van der Waals surface area contributed by atoms with Gasteiger partial charge in [0, 0.05) is 11.7 Å². The Hall–Kier alpha value is -1.51. The Bertz CT molecular complexity index is 627. The molecule has 2 saturated carbocycles. The monoisotopic (exact) mass is 283 g/mol. The molecule has 0 radical (unpaired) electrons. The molecule has 0 unspecified atom stereocenters. The van der Waals surface area contributed by atoms with Crippen LogP contribution in [0.5, 0.6) is 0 Å². The minimum atomic E-state index is 0.651. The molecule has 2 aliphatic carbocycles. The van der Waals surface area contributed by atoms with E-state index >= 15 is 0 Å². The molecule has 2 fully saturated rings. The molecule has 0 atom stereocenters. The SMILES string of the molecule is Cc1nc2ccc(NC3CCC4(CCCC4)CC3)cc2[nH]1. The highest BCUT2D eigenvalue weighted by molar-refractivity contribution is 5.79. The molecule has 2 N–H and O–H groups in total. The van der Waals surface area contributed by atoms with E-state index in [-0.39, 0.29) is 0 Å². The van der Waals surface area contributed by atoms with Crippen molar-refractivity contribution in [2.75, 3.05) is 5.32 Å². The van der Waals surface area contributed by atoms with Crippen molar-refractivity contribution in [3.63, 3.8) is 0 Å². The number of hydrogen-bond donors (Lipinski definition) is 2. The molecule has 0 saturated heterocycles. The smallest absolute Gasteiger partial charge is 0.104 e. The molecule has 1 aromatic heterocycles. The van der Waals surface area contributed by atoms with Crippen molar-refractivity contribution < 1.29 is 0 Å². The molecule has 4 rings (SSSR count). The van der Waals surface area contributed by atoms with Crippen LogP contribution in [0.25, 0.3) is 11.0 Å². The van der Waals surface area contributed by atoms with Crippen LogP contribution in [0.4, 0.5) is 5.69 Å². The summed E-state index contributed by atoms with van der Waals surface area (Å²) >= 11 is 0. The molecule has 0 aliphatic heterocycles. The van der Waals surface area contributed by atoms with Crippen LogP contribution in [-0.2, 0) is 0 Å². The molecule has 112 valence electrons. The van der Waals surface area contributed by atoms with E-state index in [1.54, 1.807) is 0 Å². The maximum Gasteiger partial charge on any atom is 0.104 e. The highest BCUT2D eigenvalue weighted by atomic mass is 14.9. The van der Waals surface area contributed by atoms with Gasteiger partial charge in [0.1, 0.15) is 5.82 Å². The van der Waals surface area contributed by atoms with E-state index in [9.17, 15) is 0 Å². The molecule has 0 amide bonds. The zero-order valence-corrected chi connectivity index (χ0v) is 12.9. The second-order valence-corrected chi connectivity index (χ2v) is 7.18. The Kier molecular flexibility index (Phi) is 3.16. The molecule has 2 aliphatic rings. The van der Waals surface area contributed by atoms with Crippen molar-refractivity contribution in [3.05, 3.63) is 24.0 Å². The molecule has 3 nitrogen and oxygen atoms in total. The van der Waals surface area contributed by atoms with Crippen LogP contribution in [-0.4, -0.2) is 16.0 Å². The Morgan fingerprint density at radius 3 is 2.67 bits per heavy atom. The third-order valence-corrected chi connectivity index (χ3v) is 5.68. The van der Waals surface area contributed by atoms with Crippen molar-refractivity contribution in [3.8, 4) is 0 Å². The first-order chi connectivity index (χ1) is 10.2. The van der Waals surface area contributed by atoms with E-state index in [1.807, 2.05) is 6.92 Å². The number of nitrogens with zero attached hydrogens (tertiary/aromatic N) is 1. The molecule has 21 heavy (non-hydrogen) atoms. The van der Waals surface area contributed by atoms with Crippen LogP contribution in [0.3, 0.4) is 0 Å². The molecule has 2 aromatic rings. The number of aromatic nitrogens is 2. The minimum Gasteiger partial charge on any atom is -0.382 e. The van der Waals surface area contributed by atoms with E-state index in [2.05, 4.69) is 33.5 Å². The molecule has 0 bridgehead atoms. The number of hydrogen-bond acceptors (Lipinski definition) is 2. The van der Waals surface area contributed by atoms with Gasteiger partial charge in [-0.3, -0.25) is 0 Å². The van der Waals surface area contributed by atoms with Crippen molar-refractivity contribution in [1.29, 1.82) is 0 Å². The highest BCUT2D eigenvalue weighted by Crippen LogP contribution is 2.49. The summed E-state index contributed by atoms with van der Waals surface area (Å²) in [5.41, 5.74) is 4.16. The van der Waals surface area contributed by atoms with E-state index in [0.717, 1.165) is 22.3 Å². The van der Waals surface area contributed by atoms with Gasteiger partial charge in [0.15, 0.2) is 0 Å². The third kappa shape index (κ3) is 2.54. The van der Waals surface area contributed by atoms with Crippen LogP contribution in [0.1, 0.15) is 57.2 Å². The number of aryl methyl sites for hydroxylation is 1. The van der Waals surface area contributed by atoms with Crippen molar-refractivity contribution >= 4 is 16.7 Å². The molecule has 3 heteroatoms. The Morgan fingerprint density at radius 2 is 1.90 bits per heavy atom.